The van der Waals surface area contributed by atoms with Gasteiger partial charge in [0, 0.05) is 13.7 Å². The van der Waals surface area contributed by atoms with Gasteiger partial charge in [0.2, 0.25) is 5.91 Å². The van der Waals surface area contributed by atoms with E-state index in [1.54, 1.807) is 0 Å². The number of benzene rings is 1. The molecule has 1 aliphatic heterocycles. The van der Waals surface area contributed by atoms with Crippen LogP contribution in [0.1, 0.15) is 16.8 Å². The Bertz CT molecular complexity index is 589. The Balaban J connectivity index is 2.26. The second-order valence-corrected chi connectivity index (χ2v) is 5.84. The first-order valence-electron chi connectivity index (χ1n) is 7.03. The van der Waals surface area contributed by atoms with Crippen LogP contribution in [-0.4, -0.2) is 55.7 Å². The average molecular weight is 345 g/mol. The fraction of sp³-hybridized carbons (Fsp3) is 0.467. The molecule has 0 spiro atoms. The minimum absolute atomic E-state index is 0.0359. The van der Waals surface area contributed by atoms with Gasteiger partial charge >= 0.3 is 0 Å². The number of ether oxygens (including phenoxy) is 2. The average Bonchev–Trinajstić information content (AvgIpc) is 2.46. The summed E-state index contributed by atoms with van der Waals surface area (Å²) in [6.45, 7) is 0.597. The van der Waals surface area contributed by atoms with E-state index in [4.69, 9.17) is 26.8 Å². The van der Waals surface area contributed by atoms with Crippen molar-refractivity contribution in [3.05, 3.63) is 34.6 Å². The highest BCUT2D eigenvalue weighted by atomic mass is 35.5. The number of methoxy groups -OCH3 is 1. The van der Waals surface area contributed by atoms with Crippen molar-refractivity contribution in [3.8, 4) is 0 Å². The summed E-state index contributed by atoms with van der Waals surface area (Å²) in [5.41, 5.74) is 4.03. The molecule has 1 saturated heterocycles. The van der Waals surface area contributed by atoms with E-state index < -0.39 is 23.2 Å². The van der Waals surface area contributed by atoms with Crippen LogP contribution in [0.5, 0.6) is 0 Å². The molecule has 6 nitrogen and oxygen atoms in total. The number of morpholine rings is 1. The largest absolute Gasteiger partial charge is 0.382 e. The van der Waals surface area contributed by atoms with Gasteiger partial charge in [-0.25, -0.2) is 4.39 Å². The van der Waals surface area contributed by atoms with Crippen molar-refractivity contribution in [3.63, 3.8) is 0 Å². The lowest BCUT2D eigenvalue weighted by Crippen LogP contribution is -2.57. The molecule has 2 amide bonds. The van der Waals surface area contributed by atoms with Crippen molar-refractivity contribution in [1.82, 2.24) is 4.90 Å². The third-order valence-electron chi connectivity index (χ3n) is 3.62. The van der Waals surface area contributed by atoms with Crippen molar-refractivity contribution in [1.29, 1.82) is 0 Å². The maximum atomic E-state index is 13.9. The summed E-state index contributed by atoms with van der Waals surface area (Å²) in [4.78, 5) is 25.3. The molecule has 1 aliphatic rings. The summed E-state index contributed by atoms with van der Waals surface area (Å²) >= 11 is 5.94. The van der Waals surface area contributed by atoms with Crippen LogP contribution in [0.2, 0.25) is 5.02 Å². The first-order chi connectivity index (χ1) is 10.9. The molecule has 1 atom stereocenters. The quantitative estimate of drug-likeness (QED) is 0.870. The minimum atomic E-state index is -1.04. The van der Waals surface area contributed by atoms with E-state index in [1.807, 2.05) is 0 Å². The van der Waals surface area contributed by atoms with E-state index in [0.29, 0.717) is 0 Å². The van der Waals surface area contributed by atoms with Crippen LogP contribution in [0.4, 0.5) is 4.39 Å². The molecule has 2 N–H and O–H groups in total. The Morgan fingerprint density at radius 2 is 2.26 bits per heavy atom. The first-order valence-corrected chi connectivity index (χ1v) is 7.41. The lowest BCUT2D eigenvalue weighted by molar-refractivity contribution is -0.148. The fourth-order valence-electron chi connectivity index (χ4n) is 2.70. The topological polar surface area (TPSA) is 81.9 Å². The maximum Gasteiger partial charge on any atom is 0.258 e. The third-order valence-corrected chi connectivity index (χ3v) is 3.93. The van der Waals surface area contributed by atoms with Crippen LogP contribution < -0.4 is 5.73 Å². The van der Waals surface area contributed by atoms with E-state index in [0.717, 1.165) is 0 Å². The molecule has 0 saturated carbocycles. The van der Waals surface area contributed by atoms with Crippen LogP contribution in [0.3, 0.4) is 0 Å². The molecule has 126 valence electrons. The molecule has 2 rings (SSSR count). The maximum absolute atomic E-state index is 13.9. The van der Waals surface area contributed by atoms with Gasteiger partial charge in [0.05, 0.1) is 36.8 Å². The van der Waals surface area contributed by atoms with Crippen LogP contribution in [-0.2, 0) is 14.3 Å². The van der Waals surface area contributed by atoms with Crippen LogP contribution in [0.15, 0.2) is 18.2 Å². The zero-order valence-electron chi connectivity index (χ0n) is 12.7. The first kappa shape index (κ1) is 17.7. The molecule has 1 heterocycles. The molecular formula is C15H18ClFN2O4. The number of hydrogen-bond acceptors (Lipinski definition) is 4. The van der Waals surface area contributed by atoms with Gasteiger partial charge in [-0.1, -0.05) is 17.7 Å². The molecule has 23 heavy (non-hydrogen) atoms. The van der Waals surface area contributed by atoms with Crippen LogP contribution in [0, 0.1) is 5.82 Å². The Hall–Kier alpha value is -1.70. The zero-order valence-corrected chi connectivity index (χ0v) is 13.4. The molecule has 0 aliphatic carbocycles. The number of primary amides is 1. The van der Waals surface area contributed by atoms with Gasteiger partial charge in [-0.05, 0) is 12.1 Å². The predicted molar refractivity (Wildman–Crippen MR) is 81.7 cm³/mol. The monoisotopic (exact) mass is 344 g/mol. The standard InChI is InChI=1S/C15H18ClFN2O4/c1-22-9-15(7-12(18)20)8-19(5-6-23-15)14(21)13-10(16)3-2-4-11(13)17/h2-4H,5-9H2,1H3,(H2,18,20)/t15-/m0/s1. The Morgan fingerprint density at radius 3 is 2.87 bits per heavy atom. The molecule has 1 fully saturated rings. The number of hydrogen-bond donors (Lipinski definition) is 1. The summed E-state index contributed by atoms with van der Waals surface area (Å²) in [6.07, 6.45) is -0.102. The number of nitrogens with two attached hydrogens (primary N) is 1. The predicted octanol–water partition coefficient (Wildman–Crippen LogP) is 1.21. The van der Waals surface area contributed by atoms with Crippen LogP contribution >= 0.6 is 11.6 Å². The third kappa shape index (κ3) is 3.99. The zero-order chi connectivity index (χ0) is 17.0. The Kier molecular flexibility index (Phi) is 5.56. The number of amides is 2. The highest BCUT2D eigenvalue weighted by Gasteiger charge is 2.40. The number of carbonyl (C=O) groups excluding carboxylic acids is 2. The normalized spacial score (nSPS) is 21.3. The van der Waals surface area contributed by atoms with Crippen molar-refractivity contribution < 1.29 is 23.5 Å². The molecule has 0 unspecified atom stereocenters. The molecule has 1 aromatic rings. The van der Waals surface area contributed by atoms with Gasteiger partial charge < -0.3 is 20.1 Å². The van der Waals surface area contributed by atoms with E-state index in [-0.39, 0.29) is 43.3 Å². The highest BCUT2D eigenvalue weighted by Crippen LogP contribution is 2.26. The van der Waals surface area contributed by atoms with E-state index in [1.165, 1.54) is 30.2 Å². The van der Waals surface area contributed by atoms with Gasteiger partial charge in [0.25, 0.3) is 5.91 Å². The Morgan fingerprint density at radius 1 is 1.52 bits per heavy atom. The van der Waals surface area contributed by atoms with Gasteiger partial charge in [0.1, 0.15) is 11.4 Å². The summed E-state index contributed by atoms with van der Waals surface area (Å²) in [7, 11) is 1.46. The van der Waals surface area contributed by atoms with Gasteiger partial charge in [0.15, 0.2) is 0 Å². The van der Waals surface area contributed by atoms with E-state index in [9.17, 15) is 14.0 Å². The summed E-state index contributed by atoms with van der Waals surface area (Å²) in [5, 5.41) is 0.0359. The Labute approximate surface area is 138 Å². The number of halogens is 2. The lowest BCUT2D eigenvalue weighted by Gasteiger charge is -2.41. The highest BCUT2D eigenvalue weighted by molar-refractivity contribution is 6.33. The van der Waals surface area contributed by atoms with Crippen molar-refractivity contribution in [2.45, 2.75) is 12.0 Å². The SMILES string of the molecule is COC[C@]1(CC(N)=O)CN(C(=O)c2c(F)cccc2Cl)CCO1. The van der Waals surface area contributed by atoms with Crippen LogP contribution in [0.25, 0.3) is 0 Å². The molecule has 0 aromatic heterocycles. The molecule has 0 radical (unpaired) electrons. The molecule has 8 heteroatoms. The van der Waals surface area contributed by atoms with E-state index in [2.05, 4.69) is 0 Å². The van der Waals surface area contributed by atoms with E-state index >= 15 is 0 Å². The number of nitrogens with zero attached hydrogens (tertiary/aromatic N) is 1. The molecular weight excluding hydrogens is 327 g/mol. The number of rotatable bonds is 5. The molecule has 0 bridgehead atoms. The lowest BCUT2D eigenvalue weighted by atomic mass is 9.97. The second-order valence-electron chi connectivity index (χ2n) is 5.43. The minimum Gasteiger partial charge on any atom is -0.382 e. The second kappa shape index (κ2) is 7.25. The van der Waals surface area contributed by atoms with Gasteiger partial charge in [-0.15, -0.1) is 0 Å². The molecule has 1 aromatic carbocycles. The fourth-order valence-corrected chi connectivity index (χ4v) is 2.95. The summed E-state index contributed by atoms with van der Waals surface area (Å²) in [5.74, 6) is -1.82. The van der Waals surface area contributed by atoms with Crippen molar-refractivity contribution >= 4 is 23.4 Å². The smallest absolute Gasteiger partial charge is 0.258 e. The van der Waals surface area contributed by atoms with Gasteiger partial charge in [-0.3, -0.25) is 9.59 Å². The van der Waals surface area contributed by atoms with Crippen molar-refractivity contribution in [2.75, 3.05) is 33.4 Å². The van der Waals surface area contributed by atoms with Crippen molar-refractivity contribution in [2.24, 2.45) is 5.73 Å². The summed E-state index contributed by atoms with van der Waals surface area (Å²) in [6, 6.07) is 4.05. The van der Waals surface area contributed by atoms with Gasteiger partial charge in [-0.2, -0.15) is 0 Å². The number of carbonyl (C=O) groups is 2. The summed E-state index contributed by atoms with van der Waals surface area (Å²) < 4.78 is 24.7.